The number of hydrogen-bond acceptors (Lipinski definition) is 16. The van der Waals surface area contributed by atoms with Crippen molar-refractivity contribution >= 4 is 25.5 Å². The molecule has 238 valence electrons. The van der Waals surface area contributed by atoms with Gasteiger partial charge in [-0.2, -0.15) is 4.98 Å². The molecule has 1 aromatic heterocycles. The average molecular weight is 632 g/mol. The van der Waals surface area contributed by atoms with E-state index in [0.29, 0.717) is 0 Å². The average Bonchev–Trinajstić information content (AvgIpc) is 3.19. The number of nitrogens with zero attached hydrogens (tertiary/aromatic N) is 2. The van der Waals surface area contributed by atoms with Gasteiger partial charge in [0.2, 0.25) is 5.91 Å². The highest BCUT2D eigenvalue weighted by molar-refractivity contribution is 7.47. The second-order valence-corrected chi connectivity index (χ2v) is 10.7. The Balaban J connectivity index is 1.83. The van der Waals surface area contributed by atoms with E-state index in [2.05, 4.69) is 14.0 Å². The third kappa shape index (κ3) is 6.77. The summed E-state index contributed by atoms with van der Waals surface area (Å²) in [6.07, 6.45) is -18.4. The Morgan fingerprint density at radius 2 is 1.93 bits per heavy atom. The molecular weight excluding hydrogens is 602 g/mol. The number of nitrogens with two attached hydrogens (primary N) is 1. The van der Waals surface area contributed by atoms with Crippen LogP contribution in [0.3, 0.4) is 0 Å². The molecule has 2 aliphatic heterocycles. The number of aliphatic carboxylic acids is 1. The largest absolute Gasteiger partial charge is 0.477 e. The van der Waals surface area contributed by atoms with E-state index in [1.165, 1.54) is 6.07 Å². The molecule has 0 aliphatic carbocycles. The lowest BCUT2D eigenvalue weighted by molar-refractivity contribution is -0.314. The van der Waals surface area contributed by atoms with Crippen LogP contribution in [0.4, 0.5) is 10.2 Å². The normalized spacial score (nSPS) is 36.1. The summed E-state index contributed by atoms with van der Waals surface area (Å²) in [6, 6.07) is -0.795. The number of carboxylic acids is 1. The number of ether oxygens (including phenoxy) is 2. The van der Waals surface area contributed by atoms with E-state index >= 15 is 4.39 Å². The zero-order chi connectivity index (χ0) is 31.7. The minimum atomic E-state index is -5.79. The van der Waals surface area contributed by atoms with Gasteiger partial charge in [-0.1, -0.05) is 0 Å². The number of hydrogen-bond donors (Lipinski definition) is 10. The van der Waals surface area contributed by atoms with Crippen LogP contribution in [-0.4, -0.2) is 136 Å². The van der Waals surface area contributed by atoms with Gasteiger partial charge >= 0.3 is 25.3 Å². The number of halogens is 1. The van der Waals surface area contributed by atoms with Gasteiger partial charge in [0.25, 0.3) is 0 Å². The quantitative estimate of drug-likeness (QED) is 0.102. The number of anilines is 1. The number of phosphoric acid groups is 1. The van der Waals surface area contributed by atoms with Crippen LogP contribution in [0.2, 0.25) is 0 Å². The highest BCUT2D eigenvalue weighted by Crippen LogP contribution is 2.52. The fourth-order valence-corrected chi connectivity index (χ4v) is 5.27. The van der Waals surface area contributed by atoms with Gasteiger partial charge in [0, 0.05) is 13.1 Å². The fraction of sp³-hybridized carbons (Fsp3) is 0.700. The molecule has 0 bridgehead atoms. The van der Waals surface area contributed by atoms with E-state index in [1.807, 2.05) is 5.32 Å². The Kier molecular flexibility index (Phi) is 10.4. The topological polar surface area (TPSA) is 323 Å². The summed E-state index contributed by atoms with van der Waals surface area (Å²) >= 11 is 0. The standard InChI is InChI=1S/C20H30FN4O16P/c1-6(27)23-10-13(31)16(21)20(18(33)34,40-15(10)11(29)7(28)4-26)41-42(36,37)38-5-8-12(30)14(32)17(39-8)25-3-2-9(22)24-19(25)35/h2-3,7-8,10-17,26,28-32H,4-5H2,1H3,(H,23,27)(H,33,34)(H,36,37)(H2,22,24,35)/t7-,8-,10-,11-,12-,13-,14-,15-,16+,17-,20-/m1/s1. The zero-order valence-electron chi connectivity index (χ0n) is 21.5. The summed E-state index contributed by atoms with van der Waals surface area (Å²) in [4.78, 5) is 49.5. The number of aliphatic hydroxyl groups excluding tert-OH is 6. The maximum atomic E-state index is 15.4. The van der Waals surface area contributed by atoms with Gasteiger partial charge in [0.1, 0.15) is 48.5 Å². The number of nitrogen functional groups attached to an aromatic ring is 1. The zero-order valence-corrected chi connectivity index (χ0v) is 22.4. The number of aromatic nitrogens is 2. The number of carbonyl (C=O) groups is 2. The molecule has 42 heavy (non-hydrogen) atoms. The van der Waals surface area contributed by atoms with Crippen molar-refractivity contribution in [3.8, 4) is 0 Å². The lowest BCUT2D eigenvalue weighted by atomic mass is 9.87. The lowest BCUT2D eigenvalue weighted by Gasteiger charge is -2.48. The molecule has 1 aromatic rings. The Bertz CT molecular complexity index is 1260. The highest BCUT2D eigenvalue weighted by Gasteiger charge is 2.65. The van der Waals surface area contributed by atoms with Crippen LogP contribution in [0.25, 0.3) is 0 Å². The van der Waals surface area contributed by atoms with Crippen LogP contribution in [-0.2, 0) is 32.7 Å². The van der Waals surface area contributed by atoms with Crippen molar-refractivity contribution in [2.24, 2.45) is 0 Å². The molecule has 2 fully saturated rings. The minimum Gasteiger partial charge on any atom is -0.477 e. The number of amides is 1. The van der Waals surface area contributed by atoms with Gasteiger partial charge in [-0.15, -0.1) is 0 Å². The molecule has 0 radical (unpaired) electrons. The van der Waals surface area contributed by atoms with Crippen LogP contribution in [0.5, 0.6) is 0 Å². The van der Waals surface area contributed by atoms with Crippen LogP contribution in [0.1, 0.15) is 13.2 Å². The summed E-state index contributed by atoms with van der Waals surface area (Å²) in [7, 11) is -5.79. The first-order valence-electron chi connectivity index (χ1n) is 12.0. The van der Waals surface area contributed by atoms with E-state index < -0.39 is 106 Å². The molecule has 0 aromatic carbocycles. The number of carboxylic acid groups (broad SMARTS) is 1. The molecular formula is C20H30FN4O16P. The minimum absolute atomic E-state index is 0.167. The van der Waals surface area contributed by atoms with Gasteiger partial charge in [-0.25, -0.2) is 23.1 Å². The van der Waals surface area contributed by atoms with Gasteiger partial charge < -0.3 is 61.2 Å². The van der Waals surface area contributed by atoms with E-state index in [4.69, 9.17) is 20.3 Å². The molecule has 22 heteroatoms. The SMILES string of the molecule is CC(=O)N[C@@H]1[C@@H](O)[C@H](F)[C@@](OP(=O)(O)OC[C@H]2O[C@@H](n3ccc(N)nc3=O)[C@H](O)[C@@H]2O)(C(=O)O)O[C@H]1[C@H](O)[C@H](O)CO. The first-order chi connectivity index (χ1) is 19.5. The Morgan fingerprint density at radius 1 is 1.29 bits per heavy atom. The number of carbonyl (C=O) groups excluding carboxylic acids is 1. The van der Waals surface area contributed by atoms with Crippen molar-refractivity contribution in [2.75, 3.05) is 18.9 Å². The predicted octanol–water partition coefficient (Wildman–Crippen LogP) is -5.32. The smallest absolute Gasteiger partial charge is 0.475 e. The lowest BCUT2D eigenvalue weighted by Crippen LogP contribution is -2.73. The third-order valence-electron chi connectivity index (χ3n) is 6.40. The van der Waals surface area contributed by atoms with Crippen LogP contribution in [0, 0.1) is 0 Å². The predicted molar refractivity (Wildman–Crippen MR) is 129 cm³/mol. The Morgan fingerprint density at radius 3 is 2.48 bits per heavy atom. The monoisotopic (exact) mass is 632 g/mol. The summed E-state index contributed by atoms with van der Waals surface area (Å²) in [6.45, 7) is -1.39. The molecule has 2 saturated heterocycles. The molecule has 2 aliphatic rings. The van der Waals surface area contributed by atoms with Gasteiger partial charge in [-0.3, -0.25) is 13.9 Å². The molecule has 12 atom stereocenters. The molecule has 20 nitrogen and oxygen atoms in total. The molecule has 3 heterocycles. The van der Waals surface area contributed by atoms with Crippen molar-refractivity contribution < 1.29 is 77.7 Å². The molecule has 1 unspecified atom stereocenters. The maximum Gasteiger partial charge on any atom is 0.475 e. The van der Waals surface area contributed by atoms with E-state index in [9.17, 15) is 54.5 Å². The second kappa shape index (κ2) is 12.9. The second-order valence-electron chi connectivity index (χ2n) is 9.36. The van der Waals surface area contributed by atoms with Crippen molar-refractivity contribution in [1.82, 2.24) is 14.9 Å². The van der Waals surface area contributed by atoms with E-state index in [1.54, 1.807) is 0 Å². The van der Waals surface area contributed by atoms with Gasteiger partial charge in [0.15, 0.2) is 12.4 Å². The van der Waals surface area contributed by atoms with E-state index in [0.717, 1.165) is 17.7 Å². The molecule has 1 amide bonds. The van der Waals surface area contributed by atoms with Gasteiger partial charge in [-0.05, 0) is 6.07 Å². The van der Waals surface area contributed by atoms with Crippen LogP contribution >= 0.6 is 7.82 Å². The highest BCUT2D eigenvalue weighted by atomic mass is 31.2. The molecule has 3 rings (SSSR count). The van der Waals surface area contributed by atoms with Crippen molar-refractivity contribution in [3.63, 3.8) is 0 Å². The maximum absolute atomic E-state index is 15.4. The van der Waals surface area contributed by atoms with Crippen LogP contribution < -0.4 is 16.7 Å². The van der Waals surface area contributed by atoms with Crippen molar-refractivity contribution in [1.29, 1.82) is 0 Å². The molecule has 11 N–H and O–H groups in total. The summed E-state index contributed by atoms with van der Waals surface area (Å²) in [5, 5.41) is 72.2. The van der Waals surface area contributed by atoms with Gasteiger partial charge in [0.05, 0.1) is 19.3 Å². The number of rotatable bonds is 11. The summed E-state index contributed by atoms with van der Waals surface area (Å²) in [5.41, 5.74) is 4.40. The van der Waals surface area contributed by atoms with E-state index in [-0.39, 0.29) is 5.82 Å². The first kappa shape index (κ1) is 33.8. The number of phosphoric ester groups is 1. The van der Waals surface area contributed by atoms with Crippen molar-refractivity contribution in [2.45, 2.75) is 73.9 Å². The fourth-order valence-electron chi connectivity index (χ4n) is 4.31. The number of alkyl halides is 1. The molecule has 0 spiro atoms. The summed E-state index contributed by atoms with van der Waals surface area (Å²) in [5.74, 6) is -7.48. The third-order valence-corrected chi connectivity index (χ3v) is 7.37. The number of nitrogens with one attached hydrogen (secondary N) is 1. The Hall–Kier alpha value is -2.66. The van der Waals surface area contributed by atoms with Crippen LogP contribution in [0.15, 0.2) is 17.1 Å². The first-order valence-corrected chi connectivity index (χ1v) is 13.5. The molecule has 0 saturated carbocycles. The summed E-state index contributed by atoms with van der Waals surface area (Å²) < 4.78 is 48.4. The Labute approximate surface area is 234 Å². The number of aliphatic hydroxyl groups is 6. The van der Waals surface area contributed by atoms with Crippen molar-refractivity contribution in [3.05, 3.63) is 22.7 Å².